The zero-order chi connectivity index (χ0) is 5.91. The summed E-state index contributed by atoms with van der Waals surface area (Å²) in [5, 5.41) is 2.92. The van der Waals surface area contributed by atoms with Crippen LogP contribution in [-0.4, -0.2) is 19.1 Å². The van der Waals surface area contributed by atoms with Gasteiger partial charge >= 0.3 is 0 Å². The maximum absolute atomic E-state index is 7.27. The van der Waals surface area contributed by atoms with Crippen LogP contribution in [0.25, 0.3) is 0 Å². The van der Waals surface area contributed by atoms with Crippen molar-refractivity contribution < 1.29 is 0 Å². The second-order valence-corrected chi connectivity index (χ2v) is 2.41. The first-order chi connectivity index (χ1) is 3.06. The van der Waals surface area contributed by atoms with E-state index in [0.717, 1.165) is 6.54 Å². The summed E-state index contributed by atoms with van der Waals surface area (Å²) < 4.78 is 0. The van der Waals surface area contributed by atoms with E-state index < -0.39 is 0 Å². The normalized spacial score (nSPS) is 12.0. The van der Waals surface area contributed by atoms with Crippen molar-refractivity contribution >= 4 is 0 Å². The van der Waals surface area contributed by atoms with Crippen LogP contribution in [0.4, 0.5) is 0 Å². The predicted molar refractivity (Wildman–Crippen MR) is 31.1 cm³/mol. The molecule has 2 nitrogen and oxygen atoms in total. The third-order valence-corrected chi connectivity index (χ3v) is 0.619. The van der Waals surface area contributed by atoms with Gasteiger partial charge in [0.05, 0.1) is 0 Å². The third-order valence-electron chi connectivity index (χ3n) is 0.619. The average molecular weight is 101 g/mol. The highest BCUT2D eigenvalue weighted by atomic mass is 14.9. The molecule has 0 saturated heterocycles. The Morgan fingerprint density at radius 3 is 2.00 bits per heavy atom. The van der Waals surface area contributed by atoms with Crippen molar-refractivity contribution in [1.29, 1.82) is 0 Å². The summed E-state index contributed by atoms with van der Waals surface area (Å²) in [6.07, 6.45) is 0. The van der Waals surface area contributed by atoms with E-state index in [4.69, 9.17) is 5.73 Å². The lowest BCUT2D eigenvalue weighted by atomic mass is 10.1. The summed E-state index contributed by atoms with van der Waals surface area (Å²) in [5.41, 5.74) is 6.96. The Balaban J connectivity index is 3.15. The van der Waals surface area contributed by atoms with E-state index in [1.54, 1.807) is 0 Å². The van der Waals surface area contributed by atoms with Crippen molar-refractivity contribution in [3.63, 3.8) is 0 Å². The smallest absolute Gasteiger partial charge is 0.0391 e. The maximum atomic E-state index is 7.27. The first kappa shape index (κ1) is 6.92. The Kier molecular flexibility index (Phi) is 2.26. The first-order valence-corrected chi connectivity index (χ1v) is 2.46. The van der Waals surface area contributed by atoms with Gasteiger partial charge in [-0.1, -0.05) is 0 Å². The van der Waals surface area contributed by atoms with E-state index in [1.165, 1.54) is 0 Å². The molecular formula is C5H13N2. The molecule has 0 aliphatic rings. The summed E-state index contributed by atoms with van der Waals surface area (Å²) in [5.74, 6) is 0. The van der Waals surface area contributed by atoms with Crippen LogP contribution in [0.1, 0.15) is 13.8 Å². The van der Waals surface area contributed by atoms with Crippen molar-refractivity contribution in [2.75, 3.05) is 13.6 Å². The molecule has 0 aliphatic heterocycles. The minimum absolute atomic E-state index is 0.311. The van der Waals surface area contributed by atoms with Crippen molar-refractivity contribution in [1.82, 2.24) is 11.1 Å². The summed E-state index contributed by atoms with van der Waals surface area (Å²) in [7, 11) is 1.86. The number of nitrogens with one attached hydrogen (secondary N) is 2. The van der Waals surface area contributed by atoms with E-state index in [9.17, 15) is 0 Å². The molecule has 0 aromatic carbocycles. The molecule has 0 aliphatic carbocycles. The largest absolute Gasteiger partial charge is 0.318 e. The van der Waals surface area contributed by atoms with Gasteiger partial charge in [0.25, 0.3) is 0 Å². The molecule has 0 aromatic heterocycles. The lowest BCUT2D eigenvalue weighted by molar-refractivity contribution is 0.474. The van der Waals surface area contributed by atoms with E-state index >= 15 is 0 Å². The second kappa shape index (κ2) is 2.28. The molecule has 1 radical (unpaired) electrons. The highest BCUT2D eigenvalue weighted by Crippen LogP contribution is 1.93. The Labute approximate surface area is 45.1 Å². The van der Waals surface area contributed by atoms with Crippen LogP contribution in [0.2, 0.25) is 0 Å². The molecule has 0 fully saturated rings. The summed E-state index contributed by atoms with van der Waals surface area (Å²) >= 11 is 0. The van der Waals surface area contributed by atoms with Crippen molar-refractivity contribution in [2.24, 2.45) is 0 Å². The van der Waals surface area contributed by atoms with Crippen LogP contribution in [-0.2, 0) is 0 Å². The van der Waals surface area contributed by atoms with E-state index in [-0.39, 0.29) is 5.54 Å². The van der Waals surface area contributed by atoms with Crippen molar-refractivity contribution in [3.05, 3.63) is 0 Å². The standard InChI is InChI=1S/C5H13N2/c1-5(2,6)4-7-3/h6-7H,4H2,1-3H3. The van der Waals surface area contributed by atoms with Gasteiger partial charge in [-0.2, -0.15) is 0 Å². The maximum Gasteiger partial charge on any atom is 0.0391 e. The lowest BCUT2D eigenvalue weighted by Crippen LogP contribution is -2.34. The Morgan fingerprint density at radius 1 is 1.57 bits per heavy atom. The molecule has 0 atom stereocenters. The molecule has 0 saturated carbocycles. The molecule has 0 heterocycles. The van der Waals surface area contributed by atoms with Crippen LogP contribution in [0.3, 0.4) is 0 Å². The van der Waals surface area contributed by atoms with E-state index in [2.05, 4.69) is 5.32 Å². The van der Waals surface area contributed by atoms with Crippen LogP contribution in [0.5, 0.6) is 0 Å². The SMILES string of the molecule is CNCC(C)(C)[NH]. The number of rotatable bonds is 2. The lowest BCUT2D eigenvalue weighted by Gasteiger charge is -2.14. The first-order valence-electron chi connectivity index (χ1n) is 2.46. The van der Waals surface area contributed by atoms with Gasteiger partial charge in [-0.15, -0.1) is 0 Å². The van der Waals surface area contributed by atoms with Gasteiger partial charge in [-0.05, 0) is 20.9 Å². The highest BCUT2D eigenvalue weighted by Gasteiger charge is 2.07. The van der Waals surface area contributed by atoms with E-state index in [1.807, 2.05) is 20.9 Å². The van der Waals surface area contributed by atoms with Gasteiger partial charge in [0.1, 0.15) is 0 Å². The topological polar surface area (TPSA) is 35.8 Å². The fraction of sp³-hybridized carbons (Fsp3) is 1.00. The molecule has 2 heteroatoms. The molecule has 7 heavy (non-hydrogen) atoms. The van der Waals surface area contributed by atoms with Gasteiger partial charge in [0.2, 0.25) is 0 Å². The molecule has 0 rings (SSSR count). The van der Waals surface area contributed by atoms with Crippen LogP contribution in [0.15, 0.2) is 0 Å². The van der Waals surface area contributed by atoms with Gasteiger partial charge in [-0.3, -0.25) is 5.73 Å². The second-order valence-electron chi connectivity index (χ2n) is 2.41. The molecule has 43 valence electrons. The van der Waals surface area contributed by atoms with Crippen LogP contribution >= 0.6 is 0 Å². The molecule has 0 spiro atoms. The summed E-state index contributed by atoms with van der Waals surface area (Å²) in [4.78, 5) is 0. The Morgan fingerprint density at radius 2 is 2.00 bits per heavy atom. The third kappa shape index (κ3) is 5.92. The van der Waals surface area contributed by atoms with E-state index in [0.29, 0.717) is 0 Å². The molecule has 2 N–H and O–H groups in total. The molecule has 0 aromatic rings. The zero-order valence-electron chi connectivity index (χ0n) is 5.21. The minimum Gasteiger partial charge on any atom is -0.318 e. The average Bonchev–Trinajstić information content (AvgIpc) is 1.30. The highest BCUT2D eigenvalue weighted by molar-refractivity contribution is 4.71. The van der Waals surface area contributed by atoms with Crippen LogP contribution < -0.4 is 11.1 Å². The molecule has 0 bridgehead atoms. The Bertz CT molecular complexity index is 44.5. The molecule has 0 unspecified atom stereocenters. The van der Waals surface area contributed by atoms with Crippen molar-refractivity contribution in [2.45, 2.75) is 19.4 Å². The molecule has 0 amide bonds. The minimum atomic E-state index is -0.311. The van der Waals surface area contributed by atoms with Crippen LogP contribution in [0, 0.1) is 0 Å². The van der Waals surface area contributed by atoms with Gasteiger partial charge in [-0.25, -0.2) is 0 Å². The van der Waals surface area contributed by atoms with Gasteiger partial charge < -0.3 is 5.32 Å². The number of hydrogen-bond donors (Lipinski definition) is 1. The zero-order valence-corrected chi connectivity index (χ0v) is 5.21. The van der Waals surface area contributed by atoms with Gasteiger partial charge in [0.15, 0.2) is 0 Å². The monoisotopic (exact) mass is 101 g/mol. The molecular weight excluding hydrogens is 88.1 g/mol. The Hall–Kier alpha value is -0.0800. The predicted octanol–water partition coefficient (Wildman–Crippen LogP) is 0.267. The quantitative estimate of drug-likeness (QED) is 0.532. The number of hydrogen-bond acceptors (Lipinski definition) is 1. The van der Waals surface area contributed by atoms with Gasteiger partial charge in [0, 0.05) is 12.1 Å². The number of likely N-dealkylation sites (N-methyl/N-ethyl adjacent to an activating group) is 1. The fourth-order valence-corrected chi connectivity index (χ4v) is 0.442. The summed E-state index contributed by atoms with van der Waals surface area (Å²) in [6.45, 7) is 4.51. The fourth-order valence-electron chi connectivity index (χ4n) is 0.442. The van der Waals surface area contributed by atoms with Crippen molar-refractivity contribution in [3.8, 4) is 0 Å². The summed E-state index contributed by atoms with van der Waals surface area (Å²) in [6, 6.07) is 0.